The molecule has 48 heavy (non-hydrogen) atoms. The lowest BCUT2D eigenvalue weighted by atomic mass is 9.81. The number of carboxylic acid groups (broad SMARTS) is 1. The highest BCUT2D eigenvalue weighted by Gasteiger charge is 2.55. The van der Waals surface area contributed by atoms with Gasteiger partial charge in [0.1, 0.15) is 17.8 Å². The first-order valence-corrected chi connectivity index (χ1v) is 16.2. The number of hydrogen-bond donors (Lipinski definition) is 6. The van der Waals surface area contributed by atoms with Crippen molar-refractivity contribution in [2.75, 3.05) is 45.9 Å². The molecule has 0 aliphatic carbocycles. The van der Waals surface area contributed by atoms with E-state index in [1.807, 2.05) is 0 Å². The average Bonchev–Trinajstić information content (AvgIpc) is 3.57. The summed E-state index contributed by atoms with van der Waals surface area (Å²) in [5.41, 5.74) is -2.56. The minimum absolute atomic E-state index is 0.128. The Morgan fingerprint density at radius 2 is 1.92 bits per heavy atom. The van der Waals surface area contributed by atoms with Crippen LogP contribution in [0.15, 0.2) is 6.20 Å². The predicted molar refractivity (Wildman–Crippen MR) is 168 cm³/mol. The number of aryl methyl sites for hydroxylation is 2. The first kappa shape index (κ1) is 37.5. The van der Waals surface area contributed by atoms with Gasteiger partial charge in [-0.05, 0) is 34.1 Å². The maximum Gasteiger partial charge on any atom is 0.410 e. The summed E-state index contributed by atoms with van der Waals surface area (Å²) in [5.74, 6) is -2.51. The predicted octanol–water partition coefficient (Wildman–Crippen LogP) is -1.24. The largest absolute Gasteiger partial charge is 0.479 e. The average molecular weight is 683 g/mol. The summed E-state index contributed by atoms with van der Waals surface area (Å²) in [4.78, 5) is 54.2. The number of rotatable bonds is 10. The van der Waals surface area contributed by atoms with Gasteiger partial charge in [-0.1, -0.05) is 0 Å². The maximum absolute atomic E-state index is 12.9. The summed E-state index contributed by atoms with van der Waals surface area (Å²) in [5, 5.41) is 53.1. The molecule has 0 bridgehead atoms. The first-order chi connectivity index (χ1) is 22.4. The van der Waals surface area contributed by atoms with Gasteiger partial charge in [0.2, 0.25) is 5.91 Å². The Kier molecular flexibility index (Phi) is 11.4. The van der Waals surface area contributed by atoms with Crippen molar-refractivity contribution in [1.29, 1.82) is 0 Å². The van der Waals surface area contributed by atoms with Gasteiger partial charge in [-0.3, -0.25) is 19.2 Å². The van der Waals surface area contributed by atoms with Gasteiger partial charge >= 0.3 is 12.1 Å². The first-order valence-electron chi connectivity index (χ1n) is 16.2. The highest BCUT2D eigenvalue weighted by molar-refractivity contribution is 5.95. The van der Waals surface area contributed by atoms with Gasteiger partial charge in [0.05, 0.1) is 48.3 Å². The van der Waals surface area contributed by atoms with Gasteiger partial charge in [0.25, 0.3) is 5.91 Å². The Balaban J connectivity index is 1.50. The van der Waals surface area contributed by atoms with Crippen molar-refractivity contribution in [3.05, 3.63) is 17.5 Å². The fourth-order valence-electron chi connectivity index (χ4n) is 6.77. The Labute approximate surface area is 279 Å². The van der Waals surface area contributed by atoms with Crippen LogP contribution in [0.25, 0.3) is 0 Å². The number of carboxylic acids is 1. The molecule has 0 saturated carbocycles. The van der Waals surface area contributed by atoms with Gasteiger partial charge in [-0.15, -0.1) is 0 Å². The molecule has 7 atom stereocenters. The molecule has 4 heterocycles. The Morgan fingerprint density at radius 1 is 1.21 bits per heavy atom. The molecular weight excluding hydrogens is 632 g/mol. The second kappa shape index (κ2) is 14.6. The Hall–Kier alpha value is -3.35. The zero-order valence-electron chi connectivity index (χ0n) is 28.5. The minimum atomic E-state index is -2.02. The molecule has 1 spiro atoms. The second-order valence-electron chi connectivity index (χ2n) is 14.1. The Bertz CT molecular complexity index is 1350. The maximum atomic E-state index is 12.9. The van der Waals surface area contributed by atoms with Crippen LogP contribution >= 0.6 is 0 Å². The summed E-state index contributed by atoms with van der Waals surface area (Å²) in [6, 6.07) is -1.26. The van der Waals surface area contributed by atoms with Crippen LogP contribution in [0.5, 0.6) is 0 Å². The van der Waals surface area contributed by atoms with Crippen LogP contribution in [0.3, 0.4) is 0 Å². The standard InChI is InChI=1S/C31H50N6O11/c1-18-20(15-35(6)34-18)26(42)32-14-22(40)24(41)25-23(33-19(2)38)21(39)13-31(47-25,27(43)44)8-10-37-11-12-46-17-30(37)7-9-36(16-30)28(45)48-29(3,4)5/h15,21-25,39-41H,7-14,16-17H2,1-6H3,(H,32,42)(H,33,38)(H,43,44)/t21-,22+,23+,24+,25+,30-,31+/m0/s1. The number of likely N-dealkylation sites (tertiary alicyclic amines) is 1. The number of carbonyl (C=O) groups excluding carboxylic acids is 3. The summed E-state index contributed by atoms with van der Waals surface area (Å²) < 4.78 is 18.9. The number of carbonyl (C=O) groups is 4. The van der Waals surface area contributed by atoms with Crippen molar-refractivity contribution < 1.29 is 53.8 Å². The smallest absolute Gasteiger partial charge is 0.410 e. The number of morpholine rings is 1. The van der Waals surface area contributed by atoms with Crippen molar-refractivity contribution in [2.24, 2.45) is 7.05 Å². The van der Waals surface area contributed by atoms with Crippen LogP contribution in [0, 0.1) is 6.92 Å². The number of aliphatic carboxylic acids is 1. The van der Waals surface area contributed by atoms with Crippen LogP contribution in [0.2, 0.25) is 0 Å². The van der Waals surface area contributed by atoms with E-state index in [0.29, 0.717) is 45.0 Å². The van der Waals surface area contributed by atoms with Gasteiger partial charge in [0.15, 0.2) is 5.60 Å². The van der Waals surface area contributed by atoms with E-state index >= 15 is 0 Å². The van der Waals surface area contributed by atoms with E-state index in [4.69, 9.17) is 14.2 Å². The van der Waals surface area contributed by atoms with Crippen molar-refractivity contribution >= 4 is 23.9 Å². The zero-order valence-corrected chi connectivity index (χ0v) is 28.5. The van der Waals surface area contributed by atoms with E-state index in [2.05, 4.69) is 20.6 Å². The fourth-order valence-corrected chi connectivity index (χ4v) is 6.77. The van der Waals surface area contributed by atoms with Gasteiger partial charge in [-0.2, -0.15) is 5.10 Å². The molecule has 270 valence electrons. The van der Waals surface area contributed by atoms with E-state index in [-0.39, 0.29) is 18.5 Å². The van der Waals surface area contributed by atoms with E-state index < -0.39 is 84.0 Å². The molecule has 17 nitrogen and oxygen atoms in total. The van der Waals surface area contributed by atoms with E-state index in [1.54, 1.807) is 39.6 Å². The van der Waals surface area contributed by atoms with Gasteiger partial charge in [-0.25, -0.2) is 9.59 Å². The van der Waals surface area contributed by atoms with E-state index in [1.165, 1.54) is 17.8 Å². The second-order valence-corrected chi connectivity index (χ2v) is 14.1. The summed E-state index contributed by atoms with van der Waals surface area (Å²) >= 11 is 0. The number of aliphatic hydroxyl groups is 3. The lowest BCUT2D eigenvalue weighted by Crippen LogP contribution is -2.68. The van der Waals surface area contributed by atoms with Crippen LogP contribution < -0.4 is 10.6 Å². The lowest BCUT2D eigenvalue weighted by Gasteiger charge is -2.49. The number of aliphatic hydroxyl groups excluding tert-OH is 3. The molecule has 6 N–H and O–H groups in total. The third kappa shape index (κ3) is 8.44. The molecule has 3 aliphatic rings. The molecule has 3 saturated heterocycles. The van der Waals surface area contributed by atoms with Crippen LogP contribution in [0.1, 0.15) is 63.0 Å². The van der Waals surface area contributed by atoms with Crippen LogP contribution in [-0.2, 0) is 30.8 Å². The molecule has 1 aromatic rings. The number of amides is 3. The van der Waals surface area contributed by atoms with Crippen molar-refractivity contribution in [3.63, 3.8) is 0 Å². The topological polar surface area (TPSA) is 225 Å². The third-order valence-electron chi connectivity index (χ3n) is 9.21. The van der Waals surface area contributed by atoms with Crippen LogP contribution in [-0.4, -0.2) is 157 Å². The molecule has 17 heteroatoms. The van der Waals surface area contributed by atoms with Gasteiger partial charge in [0, 0.05) is 65.7 Å². The molecule has 0 aromatic carbocycles. The molecule has 0 unspecified atom stereocenters. The number of nitrogens with one attached hydrogen (secondary N) is 2. The molecule has 4 rings (SSSR count). The lowest BCUT2D eigenvalue weighted by molar-refractivity contribution is -0.231. The van der Waals surface area contributed by atoms with Crippen molar-refractivity contribution in [1.82, 2.24) is 30.2 Å². The highest BCUT2D eigenvalue weighted by atomic mass is 16.6. The van der Waals surface area contributed by atoms with Gasteiger partial charge < -0.3 is 50.2 Å². The Morgan fingerprint density at radius 3 is 2.52 bits per heavy atom. The highest BCUT2D eigenvalue weighted by Crippen LogP contribution is 2.38. The monoisotopic (exact) mass is 682 g/mol. The molecular formula is C31H50N6O11. The minimum Gasteiger partial charge on any atom is -0.479 e. The fraction of sp³-hybridized carbons (Fsp3) is 0.774. The summed E-state index contributed by atoms with van der Waals surface area (Å²) in [7, 11) is 1.65. The molecule has 3 amide bonds. The molecule has 3 aliphatic heterocycles. The zero-order chi connectivity index (χ0) is 35.6. The van der Waals surface area contributed by atoms with Crippen molar-refractivity contribution in [3.8, 4) is 0 Å². The normalized spacial score (nSPS) is 29.4. The quantitative estimate of drug-likeness (QED) is 0.170. The van der Waals surface area contributed by atoms with E-state index in [0.717, 1.165) is 0 Å². The number of ether oxygens (including phenoxy) is 3. The van der Waals surface area contributed by atoms with E-state index in [9.17, 15) is 39.6 Å². The summed E-state index contributed by atoms with van der Waals surface area (Å²) in [6.45, 7) is 9.84. The number of hydrogen-bond acceptors (Lipinski definition) is 12. The van der Waals surface area contributed by atoms with Crippen LogP contribution in [0.4, 0.5) is 4.79 Å². The third-order valence-corrected chi connectivity index (χ3v) is 9.21. The molecule has 0 radical (unpaired) electrons. The van der Waals surface area contributed by atoms with Crippen molar-refractivity contribution in [2.45, 2.75) is 101 Å². The molecule has 1 aromatic heterocycles. The number of nitrogens with zero attached hydrogens (tertiary/aromatic N) is 4. The SMILES string of the molecule is CC(=O)N[C@H]1[C@H]([C@H](O)[C@H](O)CNC(=O)c2cn(C)nc2C)O[C@@](CCN2CCOC[C@@]23CCN(C(=O)OC(C)(C)C)C3)(C(=O)O)C[C@@H]1O. The number of aromatic nitrogens is 2. The molecule has 3 fully saturated rings. The summed E-state index contributed by atoms with van der Waals surface area (Å²) in [6.07, 6.45) is -5.43.